The van der Waals surface area contributed by atoms with Crippen molar-refractivity contribution in [3.63, 3.8) is 0 Å². The number of Topliss-reactive ketones (excluding diaryl/α,β-unsaturated/α-hetero) is 1. The standard InChI is InChI=1S/C15H13BrO5S/c16-12-6-4-7-11(15(19)21-13(7)12)10(6)14(18)20-5-8(17)9-2-1-3-22-9/h1-3,6-7,10-13H,4-5H2/t6-,7-,10-,11-,12+,13+/m1/s1. The number of ketones is 1. The molecule has 7 heteroatoms. The largest absolute Gasteiger partial charge is 0.461 e. The van der Waals surface area contributed by atoms with Crippen LogP contribution in [-0.4, -0.2) is 35.3 Å². The first-order valence-electron chi connectivity index (χ1n) is 7.16. The average Bonchev–Trinajstić information content (AvgIpc) is 3.22. The van der Waals surface area contributed by atoms with Gasteiger partial charge in [0.05, 0.1) is 21.5 Å². The second-order valence-corrected chi connectivity index (χ2v) is 7.97. The van der Waals surface area contributed by atoms with Crippen LogP contribution < -0.4 is 0 Å². The van der Waals surface area contributed by atoms with Crippen LogP contribution in [0, 0.1) is 23.7 Å². The molecule has 2 saturated carbocycles. The molecule has 1 aliphatic heterocycles. The Labute approximate surface area is 139 Å². The highest BCUT2D eigenvalue weighted by Crippen LogP contribution is 2.60. The first-order valence-corrected chi connectivity index (χ1v) is 8.95. The van der Waals surface area contributed by atoms with Crippen molar-refractivity contribution in [2.24, 2.45) is 23.7 Å². The van der Waals surface area contributed by atoms with Crippen LogP contribution in [0.15, 0.2) is 17.5 Å². The Morgan fingerprint density at radius 2 is 2.23 bits per heavy atom. The number of rotatable bonds is 4. The zero-order valence-corrected chi connectivity index (χ0v) is 13.8. The number of fused-ring (bicyclic) bond motifs is 1. The minimum Gasteiger partial charge on any atom is -0.461 e. The Morgan fingerprint density at radius 3 is 2.95 bits per heavy atom. The fourth-order valence-corrected chi connectivity index (χ4v) is 5.73. The van der Waals surface area contributed by atoms with E-state index in [0.717, 1.165) is 6.42 Å². The first-order chi connectivity index (χ1) is 10.6. The smallest absolute Gasteiger partial charge is 0.310 e. The number of thiophene rings is 1. The van der Waals surface area contributed by atoms with Crippen LogP contribution in [0.2, 0.25) is 0 Å². The molecule has 0 unspecified atom stereocenters. The quantitative estimate of drug-likeness (QED) is 0.451. The molecule has 116 valence electrons. The average molecular weight is 385 g/mol. The Kier molecular flexibility index (Phi) is 3.38. The summed E-state index contributed by atoms with van der Waals surface area (Å²) in [7, 11) is 0. The molecule has 3 fully saturated rings. The van der Waals surface area contributed by atoms with Crippen LogP contribution in [0.4, 0.5) is 0 Å². The summed E-state index contributed by atoms with van der Waals surface area (Å²) in [6.45, 7) is -0.272. The SMILES string of the molecule is O=C(COC(=O)[C@@H]1[C@H]2C[C@H]3[C@H](OC(=O)[C@H]31)[C@H]2Br)c1cccs1. The van der Waals surface area contributed by atoms with Crippen molar-refractivity contribution in [1.82, 2.24) is 0 Å². The van der Waals surface area contributed by atoms with E-state index in [4.69, 9.17) is 9.47 Å². The van der Waals surface area contributed by atoms with Gasteiger partial charge in [0.1, 0.15) is 6.10 Å². The van der Waals surface area contributed by atoms with E-state index in [9.17, 15) is 14.4 Å². The molecule has 2 aliphatic carbocycles. The van der Waals surface area contributed by atoms with Crippen molar-refractivity contribution in [1.29, 1.82) is 0 Å². The summed E-state index contributed by atoms with van der Waals surface area (Å²) in [5.74, 6) is -1.70. The van der Waals surface area contributed by atoms with Crippen molar-refractivity contribution >= 4 is 45.0 Å². The van der Waals surface area contributed by atoms with Crippen molar-refractivity contribution in [3.05, 3.63) is 22.4 Å². The Morgan fingerprint density at radius 1 is 1.41 bits per heavy atom. The highest BCUT2D eigenvalue weighted by atomic mass is 79.9. The fourth-order valence-electron chi connectivity index (χ4n) is 4.04. The van der Waals surface area contributed by atoms with E-state index in [1.165, 1.54) is 11.3 Å². The van der Waals surface area contributed by atoms with Gasteiger partial charge < -0.3 is 9.47 Å². The number of alkyl halides is 1. The Hall–Kier alpha value is -1.21. The monoisotopic (exact) mass is 384 g/mol. The third-order valence-electron chi connectivity index (χ3n) is 4.94. The normalized spacial score (nSPS) is 38.1. The molecule has 5 nitrogen and oxygen atoms in total. The van der Waals surface area contributed by atoms with Gasteiger partial charge in [-0.05, 0) is 23.8 Å². The number of halogens is 1. The molecular formula is C15H13BrO5S. The highest BCUT2D eigenvalue weighted by molar-refractivity contribution is 9.09. The van der Waals surface area contributed by atoms with Gasteiger partial charge in [-0.3, -0.25) is 14.4 Å². The predicted molar refractivity (Wildman–Crippen MR) is 80.8 cm³/mol. The molecule has 1 saturated heterocycles. The second kappa shape index (κ2) is 5.16. The summed E-state index contributed by atoms with van der Waals surface area (Å²) in [4.78, 5) is 36.8. The third kappa shape index (κ3) is 1.98. The molecule has 2 bridgehead atoms. The molecule has 0 amide bonds. The van der Waals surface area contributed by atoms with Crippen LogP contribution in [0.25, 0.3) is 0 Å². The lowest BCUT2D eigenvalue weighted by molar-refractivity contribution is -0.154. The third-order valence-corrected chi connectivity index (χ3v) is 7.05. The van der Waals surface area contributed by atoms with Gasteiger partial charge in [0.25, 0.3) is 0 Å². The van der Waals surface area contributed by atoms with Crippen molar-refractivity contribution in [3.8, 4) is 0 Å². The van der Waals surface area contributed by atoms with Crippen LogP contribution in [0.3, 0.4) is 0 Å². The molecule has 0 spiro atoms. The molecule has 0 N–H and O–H groups in total. The second-order valence-electron chi connectivity index (χ2n) is 5.97. The highest BCUT2D eigenvalue weighted by Gasteiger charge is 2.68. The van der Waals surface area contributed by atoms with E-state index in [1.54, 1.807) is 17.5 Å². The molecule has 22 heavy (non-hydrogen) atoms. The van der Waals surface area contributed by atoms with Gasteiger partial charge in [0, 0.05) is 5.92 Å². The molecule has 0 aromatic carbocycles. The van der Waals surface area contributed by atoms with Crippen molar-refractivity contribution in [2.45, 2.75) is 17.4 Å². The predicted octanol–water partition coefficient (Wildman–Crippen LogP) is 2.04. The van der Waals surface area contributed by atoms with E-state index in [2.05, 4.69) is 15.9 Å². The number of esters is 2. The van der Waals surface area contributed by atoms with Gasteiger partial charge in [0.2, 0.25) is 5.78 Å². The molecule has 4 rings (SSSR count). The van der Waals surface area contributed by atoms with Crippen LogP contribution >= 0.6 is 27.3 Å². The number of ether oxygens (including phenoxy) is 2. The van der Waals surface area contributed by atoms with E-state index < -0.39 is 17.8 Å². The van der Waals surface area contributed by atoms with Gasteiger partial charge in [-0.1, -0.05) is 22.0 Å². The number of hydrogen-bond acceptors (Lipinski definition) is 6. The summed E-state index contributed by atoms with van der Waals surface area (Å²) in [5.41, 5.74) is 0. The van der Waals surface area contributed by atoms with E-state index in [0.29, 0.717) is 4.88 Å². The minimum absolute atomic E-state index is 0.00532. The van der Waals surface area contributed by atoms with Crippen LogP contribution in [0.1, 0.15) is 16.1 Å². The maximum absolute atomic E-state index is 12.4. The lowest BCUT2D eigenvalue weighted by Gasteiger charge is -2.26. The molecule has 6 atom stereocenters. The summed E-state index contributed by atoms with van der Waals surface area (Å²) in [6.07, 6.45) is 0.689. The topological polar surface area (TPSA) is 69.7 Å². The lowest BCUT2D eigenvalue weighted by Crippen LogP contribution is -2.39. The molecule has 1 aromatic rings. The molecular weight excluding hydrogens is 372 g/mol. The summed E-state index contributed by atoms with van der Waals surface area (Å²) >= 11 is 4.86. The zero-order chi connectivity index (χ0) is 15.4. The van der Waals surface area contributed by atoms with Gasteiger partial charge in [0.15, 0.2) is 6.61 Å². The molecule has 1 aromatic heterocycles. The zero-order valence-electron chi connectivity index (χ0n) is 11.4. The van der Waals surface area contributed by atoms with Gasteiger partial charge >= 0.3 is 11.9 Å². The van der Waals surface area contributed by atoms with Crippen LogP contribution in [0.5, 0.6) is 0 Å². The molecule has 2 heterocycles. The first kappa shape index (κ1) is 14.4. The van der Waals surface area contributed by atoms with Gasteiger partial charge in [-0.15, -0.1) is 11.3 Å². The maximum Gasteiger partial charge on any atom is 0.310 e. The van der Waals surface area contributed by atoms with Crippen molar-refractivity contribution in [2.75, 3.05) is 6.61 Å². The van der Waals surface area contributed by atoms with Crippen LogP contribution in [-0.2, 0) is 19.1 Å². The number of carbonyl (C=O) groups excluding carboxylic acids is 3. The van der Waals surface area contributed by atoms with Gasteiger partial charge in [-0.2, -0.15) is 0 Å². The van der Waals surface area contributed by atoms with Crippen molar-refractivity contribution < 1.29 is 23.9 Å². The summed E-state index contributed by atoms with van der Waals surface area (Å²) in [5, 5.41) is 1.80. The minimum atomic E-state index is -0.489. The summed E-state index contributed by atoms with van der Waals surface area (Å²) < 4.78 is 10.6. The van der Waals surface area contributed by atoms with E-state index in [1.807, 2.05) is 0 Å². The maximum atomic E-state index is 12.4. The number of carbonyl (C=O) groups is 3. The Bertz CT molecular complexity index is 642. The Balaban J connectivity index is 1.45. The number of hydrogen-bond donors (Lipinski definition) is 0. The van der Waals surface area contributed by atoms with Gasteiger partial charge in [-0.25, -0.2) is 0 Å². The lowest BCUT2D eigenvalue weighted by atomic mass is 9.80. The van der Waals surface area contributed by atoms with E-state index in [-0.39, 0.29) is 41.1 Å². The molecule has 0 radical (unpaired) electrons. The fraction of sp³-hybridized carbons (Fsp3) is 0.533. The summed E-state index contributed by atoms with van der Waals surface area (Å²) in [6, 6.07) is 3.48. The van der Waals surface area contributed by atoms with E-state index >= 15 is 0 Å². The molecule has 3 aliphatic rings.